The van der Waals surface area contributed by atoms with Crippen molar-refractivity contribution in [2.75, 3.05) is 5.43 Å². The van der Waals surface area contributed by atoms with Crippen LogP contribution >= 0.6 is 15.9 Å². The molecule has 2 heterocycles. The lowest BCUT2D eigenvalue weighted by molar-refractivity contribution is 0.801. The molecule has 0 radical (unpaired) electrons. The molecule has 0 spiro atoms. The number of halogens is 1. The van der Waals surface area contributed by atoms with Gasteiger partial charge in [-0.05, 0) is 40.2 Å². The minimum Gasteiger partial charge on any atom is -0.275 e. The Hall–Kier alpha value is -2.80. The van der Waals surface area contributed by atoms with Crippen LogP contribution in [0.15, 0.2) is 75.3 Å². The fourth-order valence-electron chi connectivity index (χ4n) is 1.88. The number of para-hydroxylation sites is 1. The smallest absolute Gasteiger partial charge is 0.275 e. The molecule has 0 aliphatic carbocycles. The molecule has 3 rings (SSSR count). The number of hydrazone groups is 1. The van der Waals surface area contributed by atoms with Crippen LogP contribution in [0.2, 0.25) is 0 Å². The zero-order valence-electron chi connectivity index (χ0n) is 11.9. The molecule has 0 saturated heterocycles. The molecule has 7 heteroatoms. The number of nitrogens with zero attached hydrogens (tertiary/aromatic N) is 4. The maximum absolute atomic E-state index is 12.4. The predicted molar refractivity (Wildman–Crippen MR) is 93.0 cm³/mol. The first-order valence-corrected chi connectivity index (χ1v) is 7.58. The highest BCUT2D eigenvalue weighted by Crippen LogP contribution is 2.17. The Balaban J connectivity index is 1.84. The Kier molecular flexibility index (Phi) is 4.58. The fraction of sp³-hybridized carbons (Fsp3) is 0. The molecule has 2 aromatic heterocycles. The number of anilines is 1. The summed E-state index contributed by atoms with van der Waals surface area (Å²) in [6.45, 7) is 0. The zero-order chi connectivity index (χ0) is 16.1. The second-order valence-corrected chi connectivity index (χ2v) is 5.34. The Morgan fingerprint density at radius 3 is 2.65 bits per heavy atom. The summed E-state index contributed by atoms with van der Waals surface area (Å²) in [5.74, 6) is 0. The summed E-state index contributed by atoms with van der Waals surface area (Å²) in [5.41, 5.74) is 4.41. The van der Waals surface area contributed by atoms with Crippen LogP contribution in [0.1, 0.15) is 5.69 Å². The van der Waals surface area contributed by atoms with Crippen LogP contribution in [-0.4, -0.2) is 21.0 Å². The largest absolute Gasteiger partial charge is 0.287 e. The van der Waals surface area contributed by atoms with Gasteiger partial charge in [-0.1, -0.05) is 24.3 Å². The monoisotopic (exact) mass is 369 g/mol. The maximum atomic E-state index is 12.4. The second-order valence-electron chi connectivity index (χ2n) is 4.55. The molecular formula is C16H12BrN5O. The Morgan fingerprint density at radius 1 is 1.13 bits per heavy atom. The van der Waals surface area contributed by atoms with Gasteiger partial charge in [0, 0.05) is 6.20 Å². The Labute approximate surface area is 140 Å². The zero-order valence-corrected chi connectivity index (χ0v) is 13.5. The minimum atomic E-state index is -0.269. The van der Waals surface area contributed by atoms with E-state index in [1.165, 1.54) is 10.9 Å². The van der Waals surface area contributed by atoms with E-state index in [-0.39, 0.29) is 5.56 Å². The van der Waals surface area contributed by atoms with Crippen LogP contribution in [0, 0.1) is 0 Å². The molecule has 3 aromatic rings. The van der Waals surface area contributed by atoms with Crippen molar-refractivity contribution in [1.29, 1.82) is 0 Å². The van der Waals surface area contributed by atoms with E-state index in [9.17, 15) is 4.79 Å². The Morgan fingerprint density at radius 2 is 1.91 bits per heavy atom. The van der Waals surface area contributed by atoms with Crippen LogP contribution in [0.3, 0.4) is 0 Å². The molecule has 0 saturated carbocycles. The molecule has 0 unspecified atom stereocenters. The van der Waals surface area contributed by atoms with E-state index in [0.717, 1.165) is 0 Å². The molecule has 0 aliphatic rings. The van der Waals surface area contributed by atoms with Crippen LogP contribution in [0.25, 0.3) is 5.69 Å². The molecule has 0 amide bonds. The maximum Gasteiger partial charge on any atom is 0.287 e. The van der Waals surface area contributed by atoms with Crippen molar-refractivity contribution in [3.8, 4) is 5.69 Å². The first-order chi connectivity index (χ1) is 11.3. The summed E-state index contributed by atoms with van der Waals surface area (Å²) in [6.07, 6.45) is 4.78. The van der Waals surface area contributed by atoms with Crippen molar-refractivity contribution in [3.05, 3.63) is 81.4 Å². The van der Waals surface area contributed by atoms with Crippen molar-refractivity contribution < 1.29 is 0 Å². The van der Waals surface area contributed by atoms with E-state index in [2.05, 4.69) is 36.5 Å². The molecule has 0 atom stereocenters. The topological polar surface area (TPSA) is 72.2 Å². The minimum absolute atomic E-state index is 0.269. The third kappa shape index (κ3) is 3.51. The quantitative estimate of drug-likeness (QED) is 0.566. The lowest BCUT2D eigenvalue weighted by Crippen LogP contribution is -2.22. The number of hydrogen-bond acceptors (Lipinski definition) is 5. The Bertz CT molecular complexity index is 878. The second kappa shape index (κ2) is 6.97. The fourth-order valence-corrected chi connectivity index (χ4v) is 2.24. The van der Waals surface area contributed by atoms with Gasteiger partial charge in [-0.15, -0.1) is 0 Å². The third-order valence-corrected chi connectivity index (χ3v) is 3.76. The van der Waals surface area contributed by atoms with E-state index in [1.807, 2.05) is 48.5 Å². The summed E-state index contributed by atoms with van der Waals surface area (Å²) in [4.78, 5) is 16.5. The predicted octanol–water partition coefficient (Wildman–Crippen LogP) is 2.84. The first kappa shape index (κ1) is 15.1. The number of nitrogens with one attached hydrogen (secondary N) is 1. The van der Waals surface area contributed by atoms with E-state index in [4.69, 9.17) is 0 Å². The van der Waals surface area contributed by atoms with Gasteiger partial charge < -0.3 is 0 Å². The van der Waals surface area contributed by atoms with Crippen molar-refractivity contribution in [1.82, 2.24) is 14.8 Å². The summed E-state index contributed by atoms with van der Waals surface area (Å²) in [6, 6.07) is 14.7. The summed E-state index contributed by atoms with van der Waals surface area (Å²) < 4.78 is 1.67. The summed E-state index contributed by atoms with van der Waals surface area (Å²) >= 11 is 3.29. The van der Waals surface area contributed by atoms with Gasteiger partial charge in [0.1, 0.15) is 4.47 Å². The van der Waals surface area contributed by atoms with Gasteiger partial charge in [0.25, 0.3) is 5.56 Å². The molecule has 6 nitrogen and oxygen atoms in total. The molecule has 0 aliphatic heterocycles. The lowest BCUT2D eigenvalue weighted by Gasteiger charge is -2.07. The number of benzene rings is 1. The van der Waals surface area contributed by atoms with Crippen LogP contribution in [0.4, 0.5) is 5.69 Å². The van der Waals surface area contributed by atoms with Crippen molar-refractivity contribution >= 4 is 27.8 Å². The molecule has 0 fully saturated rings. The highest BCUT2D eigenvalue weighted by molar-refractivity contribution is 9.10. The van der Waals surface area contributed by atoms with Gasteiger partial charge in [-0.2, -0.15) is 14.9 Å². The third-order valence-electron chi connectivity index (χ3n) is 2.99. The van der Waals surface area contributed by atoms with E-state index < -0.39 is 0 Å². The number of rotatable bonds is 4. The molecule has 0 bridgehead atoms. The van der Waals surface area contributed by atoms with Gasteiger partial charge in [0.15, 0.2) is 0 Å². The lowest BCUT2D eigenvalue weighted by atomic mass is 10.3. The van der Waals surface area contributed by atoms with Gasteiger partial charge in [-0.3, -0.25) is 15.2 Å². The van der Waals surface area contributed by atoms with Crippen LogP contribution in [0.5, 0.6) is 0 Å². The van der Waals surface area contributed by atoms with Crippen molar-refractivity contribution in [3.63, 3.8) is 0 Å². The van der Waals surface area contributed by atoms with E-state index in [1.54, 1.807) is 12.4 Å². The highest BCUT2D eigenvalue weighted by Gasteiger charge is 2.09. The van der Waals surface area contributed by atoms with E-state index >= 15 is 0 Å². The normalized spacial score (nSPS) is 10.8. The molecule has 23 heavy (non-hydrogen) atoms. The highest BCUT2D eigenvalue weighted by atomic mass is 79.9. The SMILES string of the molecule is O=c1c(Br)c(N/N=C/c2ccccn2)cnn1-c1ccccc1. The van der Waals surface area contributed by atoms with Gasteiger partial charge in [0.05, 0.1) is 29.5 Å². The van der Waals surface area contributed by atoms with Crippen molar-refractivity contribution in [2.24, 2.45) is 5.10 Å². The summed E-state index contributed by atoms with van der Waals surface area (Å²) in [5, 5.41) is 8.22. The average molecular weight is 370 g/mol. The number of pyridine rings is 1. The van der Waals surface area contributed by atoms with Crippen LogP contribution in [-0.2, 0) is 0 Å². The van der Waals surface area contributed by atoms with Gasteiger partial charge in [-0.25, -0.2) is 0 Å². The van der Waals surface area contributed by atoms with Crippen LogP contribution < -0.4 is 11.0 Å². The standard InChI is InChI=1S/C16H12BrN5O/c17-15-14(21-19-10-12-6-4-5-9-18-12)11-20-22(16(15)23)13-7-2-1-3-8-13/h1-11,21H/b19-10+. The first-order valence-electron chi connectivity index (χ1n) is 6.79. The molecular weight excluding hydrogens is 358 g/mol. The van der Waals surface area contributed by atoms with E-state index in [0.29, 0.717) is 21.5 Å². The van der Waals surface area contributed by atoms with Gasteiger partial charge >= 0.3 is 0 Å². The number of aromatic nitrogens is 3. The number of hydrogen-bond donors (Lipinski definition) is 1. The molecule has 1 N–H and O–H groups in total. The summed E-state index contributed by atoms with van der Waals surface area (Å²) in [7, 11) is 0. The average Bonchev–Trinajstić information content (AvgIpc) is 2.60. The molecule has 1 aromatic carbocycles. The molecule has 114 valence electrons. The van der Waals surface area contributed by atoms with Gasteiger partial charge in [0.2, 0.25) is 0 Å². The van der Waals surface area contributed by atoms with Crippen molar-refractivity contribution in [2.45, 2.75) is 0 Å².